The van der Waals surface area contributed by atoms with E-state index < -0.39 is 39.5 Å². The summed E-state index contributed by atoms with van der Waals surface area (Å²) in [6.07, 6.45) is -6.13. The van der Waals surface area contributed by atoms with Crippen molar-refractivity contribution in [3.05, 3.63) is 58.1 Å². The number of urea groups is 1. The van der Waals surface area contributed by atoms with Crippen molar-refractivity contribution < 1.29 is 22.8 Å². The maximum atomic E-state index is 13.2. The van der Waals surface area contributed by atoms with Crippen LogP contribution in [0.5, 0.6) is 0 Å². The predicted octanol–water partition coefficient (Wildman–Crippen LogP) is 6.62. The highest BCUT2D eigenvalue weighted by Crippen LogP contribution is 2.36. The summed E-state index contributed by atoms with van der Waals surface area (Å²) in [4.78, 5) is 30.9. The van der Waals surface area contributed by atoms with Gasteiger partial charge in [0.05, 0.1) is 21.3 Å². The summed E-state index contributed by atoms with van der Waals surface area (Å²) in [6, 6.07) is 7.26. The first-order valence-electron chi connectivity index (χ1n) is 8.85. The number of alkyl halides is 6. The van der Waals surface area contributed by atoms with Gasteiger partial charge in [-0.2, -0.15) is 13.2 Å². The van der Waals surface area contributed by atoms with E-state index >= 15 is 0 Å². The maximum absolute atomic E-state index is 13.2. The second-order valence-electron chi connectivity index (χ2n) is 6.70. The van der Waals surface area contributed by atoms with Gasteiger partial charge in [0.15, 0.2) is 6.17 Å². The third kappa shape index (κ3) is 5.60. The van der Waals surface area contributed by atoms with Crippen molar-refractivity contribution in [3.63, 3.8) is 0 Å². The lowest BCUT2D eigenvalue weighted by molar-refractivity contribution is -0.137. The number of nitrogens with zero attached hydrogens (tertiary/aromatic N) is 3. The van der Waals surface area contributed by atoms with E-state index in [1.165, 1.54) is 24.3 Å². The summed E-state index contributed by atoms with van der Waals surface area (Å²) in [5.41, 5.74) is -0.967. The molecule has 0 spiro atoms. The minimum Gasteiger partial charge on any atom is -0.360 e. The molecule has 0 radical (unpaired) electrons. The van der Waals surface area contributed by atoms with Gasteiger partial charge in [0.1, 0.15) is 0 Å². The highest BCUT2D eigenvalue weighted by molar-refractivity contribution is 6.68. The number of carbonyl (C=O) groups excluding carboxylic acids is 2. The number of likely N-dealkylation sites (N-methyl/N-ethyl adjacent to an activating group) is 1. The van der Waals surface area contributed by atoms with Crippen LogP contribution in [0.3, 0.4) is 0 Å². The molecule has 33 heavy (non-hydrogen) atoms. The lowest BCUT2D eigenvalue weighted by atomic mass is 10.2. The molecule has 0 bridgehead atoms. The molecule has 1 N–H and O–H groups in total. The molecule has 1 saturated heterocycles. The molecule has 1 atom stereocenters. The Morgan fingerprint density at radius 2 is 1.67 bits per heavy atom. The van der Waals surface area contributed by atoms with E-state index in [-0.39, 0.29) is 15.7 Å². The number of rotatable bonds is 4. The molecule has 1 unspecified atom stereocenters. The largest absolute Gasteiger partial charge is 0.416 e. The van der Waals surface area contributed by atoms with Crippen LogP contribution in [0, 0.1) is 0 Å². The van der Waals surface area contributed by atoms with Gasteiger partial charge in [-0.05, 0) is 36.4 Å². The van der Waals surface area contributed by atoms with E-state index in [1.54, 1.807) is 0 Å². The Balaban J connectivity index is 2.08. The predicted molar refractivity (Wildman–Crippen MR) is 124 cm³/mol. The molecule has 2 aromatic carbocycles. The molecule has 6 nitrogen and oxygen atoms in total. The number of halogens is 8. The molecular formula is C19H12Cl5F3N4O2. The first kappa shape index (κ1) is 25.7. The second-order valence-corrected chi connectivity index (χ2v) is 9.88. The summed E-state index contributed by atoms with van der Waals surface area (Å²) in [5.74, 6) is -1.46. The molecule has 176 valence electrons. The molecule has 0 aromatic heterocycles. The smallest absolute Gasteiger partial charge is 0.360 e. The molecular weight excluding hydrogens is 550 g/mol. The summed E-state index contributed by atoms with van der Waals surface area (Å²) >= 11 is 29.9. The third-order valence-electron chi connectivity index (χ3n) is 4.40. The molecule has 1 aliphatic heterocycles. The normalized spacial score (nSPS) is 17.2. The van der Waals surface area contributed by atoms with E-state index in [0.717, 1.165) is 19.2 Å². The van der Waals surface area contributed by atoms with Gasteiger partial charge >= 0.3 is 12.2 Å². The standard InChI is InChI=1S/C19H12Cl5F3N4O2/c1-30-15(32)14(31(17(30)33)11-4-2-3-9(7-11)19(25,26)27)29-16(18(22,23)24)28-10-5-6-12(20)13(21)8-10/h2-8,16,28H,1H3. The third-order valence-corrected chi connectivity index (χ3v) is 5.76. The van der Waals surface area contributed by atoms with Crippen LogP contribution >= 0.6 is 58.0 Å². The second kappa shape index (κ2) is 9.38. The van der Waals surface area contributed by atoms with Crippen LogP contribution in [0.2, 0.25) is 10.0 Å². The molecule has 3 rings (SSSR count). The van der Waals surface area contributed by atoms with Gasteiger partial charge in [-0.25, -0.2) is 14.7 Å². The number of hydrogen-bond donors (Lipinski definition) is 1. The summed E-state index contributed by atoms with van der Waals surface area (Å²) < 4.78 is 37.4. The summed E-state index contributed by atoms with van der Waals surface area (Å²) in [6.45, 7) is 0. The van der Waals surface area contributed by atoms with Gasteiger partial charge in [0.25, 0.3) is 5.91 Å². The molecule has 1 fully saturated rings. The van der Waals surface area contributed by atoms with Crippen molar-refractivity contribution in [1.82, 2.24) is 4.90 Å². The Kier molecular flexibility index (Phi) is 7.31. The maximum Gasteiger partial charge on any atom is 0.416 e. The molecule has 14 heteroatoms. The van der Waals surface area contributed by atoms with Crippen LogP contribution in [0.4, 0.5) is 29.3 Å². The number of amides is 3. The van der Waals surface area contributed by atoms with Crippen molar-refractivity contribution in [2.45, 2.75) is 16.1 Å². The monoisotopic (exact) mass is 560 g/mol. The molecule has 1 heterocycles. The molecule has 3 amide bonds. The fourth-order valence-electron chi connectivity index (χ4n) is 2.79. The Morgan fingerprint density at radius 1 is 1.00 bits per heavy atom. The lowest BCUT2D eigenvalue weighted by Crippen LogP contribution is -2.38. The Hall–Kier alpha value is -1.91. The summed E-state index contributed by atoms with van der Waals surface area (Å²) in [5, 5.41) is 3.19. The summed E-state index contributed by atoms with van der Waals surface area (Å²) in [7, 11) is 1.14. The van der Waals surface area contributed by atoms with E-state index in [4.69, 9.17) is 58.0 Å². The van der Waals surface area contributed by atoms with Crippen LogP contribution in [-0.2, 0) is 11.0 Å². The van der Waals surface area contributed by atoms with Crippen molar-refractivity contribution in [1.29, 1.82) is 0 Å². The van der Waals surface area contributed by atoms with Gasteiger partial charge in [0, 0.05) is 12.7 Å². The average Bonchev–Trinajstić information content (AvgIpc) is 2.92. The number of nitrogens with one attached hydrogen (secondary N) is 1. The number of imide groups is 1. The quantitative estimate of drug-likeness (QED) is 0.337. The van der Waals surface area contributed by atoms with Crippen molar-refractivity contribution in [3.8, 4) is 0 Å². The Morgan fingerprint density at radius 3 is 2.24 bits per heavy atom. The van der Waals surface area contributed by atoms with E-state index in [2.05, 4.69) is 10.3 Å². The highest BCUT2D eigenvalue weighted by atomic mass is 35.6. The number of aliphatic imine (C=N–C) groups is 1. The number of anilines is 2. The van der Waals surface area contributed by atoms with Crippen LogP contribution < -0.4 is 10.2 Å². The van der Waals surface area contributed by atoms with E-state index in [1.807, 2.05) is 0 Å². The van der Waals surface area contributed by atoms with Crippen molar-refractivity contribution >= 4 is 87.2 Å². The van der Waals surface area contributed by atoms with Gasteiger partial charge in [-0.15, -0.1) is 0 Å². The number of amidine groups is 1. The van der Waals surface area contributed by atoms with Crippen LogP contribution in [0.25, 0.3) is 0 Å². The zero-order valence-electron chi connectivity index (χ0n) is 16.3. The molecule has 2 aromatic rings. The topological polar surface area (TPSA) is 65.0 Å². The van der Waals surface area contributed by atoms with Crippen LogP contribution in [0.15, 0.2) is 47.5 Å². The lowest BCUT2D eigenvalue weighted by Gasteiger charge is -2.25. The number of benzene rings is 2. The fraction of sp³-hybridized carbons (Fsp3) is 0.211. The zero-order chi connectivity index (χ0) is 24.7. The van der Waals surface area contributed by atoms with Crippen LogP contribution in [-0.4, -0.2) is 39.7 Å². The van der Waals surface area contributed by atoms with Gasteiger partial charge < -0.3 is 5.32 Å². The fourth-order valence-corrected chi connectivity index (χ4v) is 3.40. The van der Waals surface area contributed by atoms with E-state index in [0.29, 0.717) is 21.6 Å². The Bertz CT molecular complexity index is 1140. The molecule has 1 aliphatic rings. The SMILES string of the molecule is CN1C(=O)C(=NC(Nc2ccc(Cl)c(Cl)c2)C(Cl)(Cl)Cl)N(c2cccc(C(F)(F)F)c2)C1=O. The first-order valence-corrected chi connectivity index (χ1v) is 10.7. The number of carbonyl (C=O) groups is 2. The average molecular weight is 563 g/mol. The zero-order valence-corrected chi connectivity index (χ0v) is 20.1. The highest BCUT2D eigenvalue weighted by Gasteiger charge is 2.44. The number of hydrogen-bond acceptors (Lipinski definition) is 4. The van der Waals surface area contributed by atoms with Crippen molar-refractivity contribution in [2.75, 3.05) is 17.3 Å². The molecule has 0 aliphatic carbocycles. The molecule has 0 saturated carbocycles. The first-order chi connectivity index (χ1) is 15.2. The van der Waals surface area contributed by atoms with E-state index in [9.17, 15) is 22.8 Å². The Labute approximate surface area is 210 Å². The van der Waals surface area contributed by atoms with Crippen molar-refractivity contribution in [2.24, 2.45) is 4.99 Å². The minimum atomic E-state index is -4.68. The van der Waals surface area contributed by atoms with Crippen LogP contribution in [0.1, 0.15) is 5.56 Å². The van der Waals surface area contributed by atoms with Gasteiger partial charge in [0.2, 0.25) is 9.63 Å². The van der Waals surface area contributed by atoms with Gasteiger partial charge in [-0.1, -0.05) is 64.1 Å². The minimum absolute atomic E-state index is 0.176. The van der Waals surface area contributed by atoms with Gasteiger partial charge in [-0.3, -0.25) is 9.69 Å².